The van der Waals surface area contributed by atoms with E-state index in [4.69, 9.17) is 10.5 Å². The average molecular weight is 658 g/mol. The minimum absolute atomic E-state index is 0.0292. The van der Waals surface area contributed by atoms with Gasteiger partial charge in [-0.2, -0.15) is 13.2 Å². The van der Waals surface area contributed by atoms with E-state index < -0.39 is 23.6 Å². The molecule has 3 aliphatic rings. The molecular formula is C31H31F4N7O3S. The number of fused-ring (bicyclic) bond motifs is 10. The zero-order chi connectivity index (χ0) is 32.8. The van der Waals surface area contributed by atoms with Crippen LogP contribution in [-0.2, 0) is 4.79 Å². The van der Waals surface area contributed by atoms with Crippen molar-refractivity contribution in [1.82, 2.24) is 14.6 Å². The number of nitrogens with zero attached hydrogens (tertiary/aromatic N) is 3. The summed E-state index contributed by atoms with van der Waals surface area (Å²) in [4.78, 5) is 31.3. The maximum Gasteiger partial charge on any atom is 0.446 e. The van der Waals surface area contributed by atoms with Crippen LogP contribution in [0.5, 0.6) is 5.75 Å². The third-order valence-electron chi connectivity index (χ3n) is 7.38. The molecule has 15 heteroatoms. The molecule has 2 aromatic heterocycles. The number of piperidine rings is 1. The lowest BCUT2D eigenvalue weighted by Crippen LogP contribution is -2.50. The van der Waals surface area contributed by atoms with Gasteiger partial charge in [0.2, 0.25) is 0 Å². The highest BCUT2D eigenvalue weighted by atomic mass is 32.2. The zero-order valence-electron chi connectivity index (χ0n) is 24.7. The van der Waals surface area contributed by atoms with Crippen LogP contribution >= 0.6 is 11.8 Å². The summed E-state index contributed by atoms with van der Waals surface area (Å²) in [5.41, 5.74) is 2.32. The fraction of sp³-hybridized carbons (Fsp3) is 0.323. The number of nitrogens with two attached hydrogens (primary N) is 1. The molecule has 46 heavy (non-hydrogen) atoms. The first kappa shape index (κ1) is 32.6. The third-order valence-corrected chi connectivity index (χ3v) is 8.24. The number of carbonyl (C=O) groups is 2. The fourth-order valence-electron chi connectivity index (χ4n) is 5.16. The van der Waals surface area contributed by atoms with Crippen molar-refractivity contribution in [3.05, 3.63) is 65.5 Å². The molecule has 2 amide bonds. The van der Waals surface area contributed by atoms with Gasteiger partial charge in [0.25, 0.3) is 11.8 Å². The number of halogens is 4. The van der Waals surface area contributed by atoms with Crippen LogP contribution in [0.2, 0.25) is 0 Å². The molecule has 0 spiro atoms. The van der Waals surface area contributed by atoms with Crippen LogP contribution in [0, 0.1) is 11.8 Å². The number of alkyl halides is 4. The average Bonchev–Trinajstić information content (AvgIpc) is 3.37. The van der Waals surface area contributed by atoms with Gasteiger partial charge in [-0.1, -0.05) is 17.9 Å². The summed E-state index contributed by atoms with van der Waals surface area (Å²) >= 11 is -0.276. The van der Waals surface area contributed by atoms with Crippen LogP contribution in [0.25, 0.3) is 5.52 Å². The van der Waals surface area contributed by atoms with Crippen LogP contribution in [0.4, 0.5) is 29.1 Å². The molecule has 2 unspecified atom stereocenters. The molecule has 5 N–H and O–H groups in total. The Labute approximate surface area is 266 Å². The van der Waals surface area contributed by atoms with Gasteiger partial charge >= 0.3 is 5.51 Å². The van der Waals surface area contributed by atoms with Gasteiger partial charge in [-0.05, 0) is 48.5 Å². The highest BCUT2D eigenvalue weighted by Crippen LogP contribution is 2.42. The molecule has 0 aliphatic carbocycles. The third kappa shape index (κ3) is 7.51. The van der Waals surface area contributed by atoms with Gasteiger partial charge < -0.3 is 35.7 Å². The van der Waals surface area contributed by atoms with Gasteiger partial charge in [0, 0.05) is 37.3 Å². The van der Waals surface area contributed by atoms with E-state index in [9.17, 15) is 22.8 Å². The molecule has 0 saturated carbocycles. The number of methoxy groups -OCH3 is 1. The van der Waals surface area contributed by atoms with Crippen molar-refractivity contribution >= 4 is 46.8 Å². The topological polar surface area (TPSA) is 125 Å². The fourth-order valence-corrected chi connectivity index (χ4v) is 5.88. The van der Waals surface area contributed by atoms with Crippen LogP contribution in [0.1, 0.15) is 22.3 Å². The highest BCUT2D eigenvalue weighted by Gasteiger charge is 2.34. The van der Waals surface area contributed by atoms with Gasteiger partial charge in [0.15, 0.2) is 0 Å². The first-order chi connectivity index (χ1) is 22.1. The molecule has 5 heterocycles. The van der Waals surface area contributed by atoms with Crippen molar-refractivity contribution in [2.24, 2.45) is 10.7 Å². The number of nitrogens with one attached hydrogen (secondary N) is 3. The second-order valence-electron chi connectivity index (χ2n) is 10.4. The van der Waals surface area contributed by atoms with Gasteiger partial charge in [0.05, 0.1) is 60.0 Å². The van der Waals surface area contributed by atoms with E-state index in [2.05, 4.69) is 32.8 Å². The molecule has 1 saturated heterocycles. The lowest BCUT2D eigenvalue weighted by Gasteiger charge is -2.35. The van der Waals surface area contributed by atoms with Crippen molar-refractivity contribution in [2.75, 3.05) is 50.5 Å². The van der Waals surface area contributed by atoms with Crippen LogP contribution in [-0.4, -0.2) is 84.9 Å². The Morgan fingerprint density at radius 2 is 2.02 bits per heavy atom. The van der Waals surface area contributed by atoms with Crippen LogP contribution < -0.4 is 26.4 Å². The van der Waals surface area contributed by atoms with Crippen LogP contribution in [0.15, 0.2) is 64.3 Å². The maximum atomic E-state index is 15.4. The Morgan fingerprint density at radius 1 is 1.20 bits per heavy atom. The predicted octanol–water partition coefficient (Wildman–Crippen LogP) is 4.03. The van der Waals surface area contributed by atoms with Crippen molar-refractivity contribution in [2.45, 2.75) is 29.0 Å². The molecule has 3 aliphatic heterocycles. The Hall–Kier alpha value is -4.84. The van der Waals surface area contributed by atoms with E-state index in [1.807, 2.05) is 0 Å². The van der Waals surface area contributed by atoms with Gasteiger partial charge in [0.1, 0.15) is 17.7 Å². The first-order valence-corrected chi connectivity index (χ1v) is 15.1. The molecule has 6 bridgehead atoms. The number of aliphatic imine (C=N–C) groups is 1. The summed E-state index contributed by atoms with van der Waals surface area (Å²) < 4.78 is 63.3. The van der Waals surface area contributed by atoms with Crippen molar-refractivity contribution in [3.63, 3.8) is 0 Å². The molecule has 1 fully saturated rings. The summed E-state index contributed by atoms with van der Waals surface area (Å²) in [6.07, 6.45) is 2.62. The van der Waals surface area contributed by atoms with Crippen molar-refractivity contribution < 1.29 is 31.9 Å². The first-order valence-electron chi connectivity index (χ1n) is 14.3. The van der Waals surface area contributed by atoms with Gasteiger partial charge in [-0.25, -0.2) is 4.39 Å². The monoisotopic (exact) mass is 657 g/mol. The second-order valence-corrected chi connectivity index (χ2v) is 11.5. The Bertz CT molecular complexity index is 1750. The molecule has 6 rings (SSSR count). The Balaban J connectivity index is 1.52. The Kier molecular flexibility index (Phi) is 9.96. The van der Waals surface area contributed by atoms with Crippen molar-refractivity contribution in [3.8, 4) is 17.6 Å². The van der Waals surface area contributed by atoms with E-state index in [1.165, 1.54) is 34.9 Å². The molecule has 2 atom stereocenters. The van der Waals surface area contributed by atoms with E-state index in [-0.39, 0.29) is 78.4 Å². The zero-order valence-corrected chi connectivity index (χ0v) is 25.5. The van der Waals surface area contributed by atoms with E-state index in [0.717, 1.165) is 6.20 Å². The summed E-state index contributed by atoms with van der Waals surface area (Å²) in [6.45, 7) is 0.341. The smallest absolute Gasteiger partial charge is 0.446 e. The minimum Gasteiger partial charge on any atom is -0.495 e. The highest BCUT2D eigenvalue weighted by molar-refractivity contribution is 8.00. The summed E-state index contributed by atoms with van der Waals surface area (Å²) in [7, 11) is 1.46. The van der Waals surface area contributed by atoms with E-state index in [0.29, 0.717) is 22.8 Å². The molecule has 1 aromatic carbocycles. The molecule has 3 aromatic rings. The van der Waals surface area contributed by atoms with Gasteiger partial charge in [-0.3, -0.25) is 14.6 Å². The van der Waals surface area contributed by atoms with Crippen molar-refractivity contribution in [1.29, 1.82) is 0 Å². The lowest BCUT2D eigenvalue weighted by molar-refractivity contribution is -0.128. The summed E-state index contributed by atoms with van der Waals surface area (Å²) in [6, 6.07) is 8.80. The largest absolute Gasteiger partial charge is 0.495 e. The van der Waals surface area contributed by atoms with Gasteiger partial charge in [-0.15, -0.1) is 0 Å². The molecule has 242 valence electrons. The predicted molar refractivity (Wildman–Crippen MR) is 169 cm³/mol. The number of anilines is 2. The maximum absolute atomic E-state index is 15.4. The number of rotatable bonds is 2. The number of thioether (sulfide) groups is 1. The molecule has 10 nitrogen and oxygen atoms in total. The number of amides is 2. The van der Waals surface area contributed by atoms with E-state index >= 15 is 4.39 Å². The number of benzene rings is 1. The second kappa shape index (κ2) is 14.1. The quantitative estimate of drug-likeness (QED) is 0.142. The number of hydrogen-bond donors (Lipinski definition) is 4. The number of carbonyl (C=O) groups excluding carboxylic acids is 2. The minimum atomic E-state index is -4.58. The number of ether oxygens (including phenoxy) is 1. The normalized spacial score (nSPS) is 20.5. The standard InChI is InChI=1S/C31H31F4N7O3S/c1-45-26-8-7-19-14-24(26)38-10-3-4-20-17-42-25(28(20)46-31(33,34)35)5-2-6-27(42)40-23-9-13-41(18-22(23)32)30(44)21(15-36)16-37-11-12-39-29(19)43/h2,5-8,14-17,22-23,38,40H,9-13,18,36H2,1H3,(H,39,43)/b21-15+,37-16?. The van der Waals surface area contributed by atoms with E-state index in [1.54, 1.807) is 30.3 Å². The number of hydrogen-bond acceptors (Lipinski definition) is 8. The number of aromatic nitrogens is 1. The number of pyridine rings is 1. The summed E-state index contributed by atoms with van der Waals surface area (Å²) in [5, 5.41) is 8.92. The molecule has 0 radical (unpaired) electrons. The summed E-state index contributed by atoms with van der Waals surface area (Å²) in [5.74, 6) is 5.62. The molecular weight excluding hydrogens is 626 g/mol. The Morgan fingerprint density at radius 3 is 2.76 bits per heavy atom. The van der Waals surface area contributed by atoms with Crippen LogP contribution in [0.3, 0.4) is 0 Å². The lowest BCUT2D eigenvalue weighted by atomic mass is 10.0. The SMILES string of the molecule is COc1ccc2cc1NCC#Cc1cn3c(cccc3c1SC(F)(F)F)NC1CCN(CC1F)C(=O)/C(=C/N)C=NCCNC2=O.